The Bertz CT molecular complexity index is 445. The van der Waals surface area contributed by atoms with Crippen molar-refractivity contribution >= 4 is 53.3 Å². The average Bonchev–Trinajstić information content (AvgIpc) is 2.44. The van der Waals surface area contributed by atoms with Gasteiger partial charge in [-0.25, -0.2) is 0 Å². The minimum atomic E-state index is 0.923. The molecule has 0 amide bonds. The van der Waals surface area contributed by atoms with Crippen LogP contribution in [-0.4, -0.2) is 0 Å². The SMILES string of the molecule is Cc1ccc2sc(CBr)c(Br)c2c1. The summed E-state index contributed by atoms with van der Waals surface area (Å²) in [5.41, 5.74) is 1.31. The molecule has 1 heterocycles. The molecule has 0 nitrogen and oxygen atoms in total. The highest BCUT2D eigenvalue weighted by molar-refractivity contribution is 9.11. The number of hydrogen-bond donors (Lipinski definition) is 0. The minimum absolute atomic E-state index is 0.923. The van der Waals surface area contributed by atoms with Crippen molar-refractivity contribution in [1.29, 1.82) is 0 Å². The van der Waals surface area contributed by atoms with Crippen LogP contribution in [0.5, 0.6) is 0 Å². The first-order chi connectivity index (χ1) is 6.22. The molecule has 68 valence electrons. The van der Waals surface area contributed by atoms with Crippen molar-refractivity contribution in [3.05, 3.63) is 33.1 Å². The van der Waals surface area contributed by atoms with E-state index in [1.165, 1.54) is 25.0 Å². The number of aryl methyl sites for hydroxylation is 1. The van der Waals surface area contributed by atoms with Gasteiger partial charge in [-0.2, -0.15) is 0 Å². The van der Waals surface area contributed by atoms with E-state index in [2.05, 4.69) is 57.0 Å². The van der Waals surface area contributed by atoms with Gasteiger partial charge in [0.25, 0.3) is 0 Å². The molecule has 0 aliphatic rings. The lowest BCUT2D eigenvalue weighted by Crippen LogP contribution is -1.71. The zero-order valence-corrected chi connectivity index (χ0v) is 11.1. The lowest BCUT2D eigenvalue weighted by Gasteiger charge is -1.92. The molecule has 3 heteroatoms. The Kier molecular flexibility index (Phi) is 2.77. The van der Waals surface area contributed by atoms with E-state index in [-0.39, 0.29) is 0 Å². The Labute approximate surface area is 98.2 Å². The summed E-state index contributed by atoms with van der Waals surface area (Å²) in [5.74, 6) is 0. The number of thiophene rings is 1. The largest absolute Gasteiger partial charge is 0.138 e. The normalized spacial score (nSPS) is 11.0. The van der Waals surface area contributed by atoms with Crippen molar-refractivity contribution < 1.29 is 0 Å². The molecule has 0 aliphatic carbocycles. The second-order valence-electron chi connectivity index (χ2n) is 2.97. The Morgan fingerprint density at radius 2 is 2.15 bits per heavy atom. The summed E-state index contributed by atoms with van der Waals surface area (Å²) in [6.07, 6.45) is 0. The molecule has 0 unspecified atom stereocenters. The van der Waals surface area contributed by atoms with Crippen LogP contribution in [0.1, 0.15) is 10.4 Å². The predicted octanol–water partition coefficient (Wildman–Crippen LogP) is 4.87. The van der Waals surface area contributed by atoms with Crippen LogP contribution in [0.3, 0.4) is 0 Å². The van der Waals surface area contributed by atoms with Crippen molar-refractivity contribution in [3.8, 4) is 0 Å². The number of rotatable bonds is 1. The standard InChI is InChI=1S/C10H8Br2S/c1-6-2-3-8-7(4-6)10(12)9(5-11)13-8/h2-4H,5H2,1H3. The fourth-order valence-corrected chi connectivity index (χ4v) is 4.09. The summed E-state index contributed by atoms with van der Waals surface area (Å²) in [5, 5.41) is 2.26. The highest BCUT2D eigenvalue weighted by atomic mass is 79.9. The van der Waals surface area contributed by atoms with E-state index in [0.717, 1.165) is 5.33 Å². The first-order valence-corrected chi connectivity index (χ1v) is 6.69. The number of benzene rings is 1. The second kappa shape index (κ2) is 3.71. The molecule has 0 N–H and O–H groups in total. The van der Waals surface area contributed by atoms with Crippen LogP contribution in [0.4, 0.5) is 0 Å². The summed E-state index contributed by atoms with van der Waals surface area (Å²) in [7, 11) is 0. The molecule has 2 aromatic rings. The summed E-state index contributed by atoms with van der Waals surface area (Å²) in [6.45, 7) is 2.12. The molecule has 0 radical (unpaired) electrons. The number of hydrogen-bond acceptors (Lipinski definition) is 1. The van der Waals surface area contributed by atoms with E-state index >= 15 is 0 Å². The molecule has 0 bridgehead atoms. The molecule has 1 aromatic heterocycles. The zero-order valence-electron chi connectivity index (χ0n) is 7.10. The highest BCUT2D eigenvalue weighted by Crippen LogP contribution is 2.37. The smallest absolute Gasteiger partial charge is 0.0401 e. The maximum Gasteiger partial charge on any atom is 0.0401 e. The molecule has 0 saturated heterocycles. The van der Waals surface area contributed by atoms with Gasteiger partial charge in [0.15, 0.2) is 0 Å². The van der Waals surface area contributed by atoms with E-state index in [9.17, 15) is 0 Å². The Morgan fingerprint density at radius 1 is 1.38 bits per heavy atom. The van der Waals surface area contributed by atoms with E-state index < -0.39 is 0 Å². The van der Waals surface area contributed by atoms with Gasteiger partial charge in [0, 0.05) is 24.8 Å². The summed E-state index contributed by atoms with van der Waals surface area (Å²) >= 11 is 8.95. The van der Waals surface area contributed by atoms with Gasteiger partial charge in [-0.3, -0.25) is 0 Å². The third-order valence-corrected chi connectivity index (χ3v) is 5.24. The van der Waals surface area contributed by atoms with Gasteiger partial charge in [-0.1, -0.05) is 27.6 Å². The van der Waals surface area contributed by atoms with Gasteiger partial charge in [-0.05, 0) is 35.0 Å². The lowest BCUT2D eigenvalue weighted by molar-refractivity contribution is 1.50. The molecule has 0 atom stereocenters. The van der Waals surface area contributed by atoms with Crippen molar-refractivity contribution in [2.75, 3.05) is 0 Å². The van der Waals surface area contributed by atoms with Gasteiger partial charge in [0.2, 0.25) is 0 Å². The van der Waals surface area contributed by atoms with Crippen LogP contribution in [-0.2, 0) is 5.33 Å². The third kappa shape index (κ3) is 1.69. The van der Waals surface area contributed by atoms with Gasteiger partial charge in [-0.15, -0.1) is 11.3 Å². The van der Waals surface area contributed by atoms with Gasteiger partial charge < -0.3 is 0 Å². The number of halogens is 2. The van der Waals surface area contributed by atoms with Gasteiger partial charge in [0.1, 0.15) is 0 Å². The average molecular weight is 320 g/mol. The molecule has 0 spiro atoms. The van der Waals surface area contributed by atoms with Crippen LogP contribution >= 0.6 is 43.2 Å². The Balaban J connectivity index is 2.77. The van der Waals surface area contributed by atoms with Crippen molar-refractivity contribution in [2.24, 2.45) is 0 Å². The van der Waals surface area contributed by atoms with Gasteiger partial charge >= 0.3 is 0 Å². The lowest BCUT2D eigenvalue weighted by atomic mass is 10.2. The zero-order chi connectivity index (χ0) is 9.42. The van der Waals surface area contributed by atoms with Crippen LogP contribution < -0.4 is 0 Å². The van der Waals surface area contributed by atoms with E-state index in [0.29, 0.717) is 0 Å². The molecule has 0 fully saturated rings. The third-order valence-electron chi connectivity index (χ3n) is 1.97. The second-order valence-corrected chi connectivity index (χ2v) is 5.46. The Hall–Kier alpha value is 0.140. The summed E-state index contributed by atoms with van der Waals surface area (Å²) < 4.78 is 2.60. The Morgan fingerprint density at radius 3 is 2.85 bits per heavy atom. The molecule has 2 rings (SSSR count). The number of fused-ring (bicyclic) bond motifs is 1. The first-order valence-electron chi connectivity index (χ1n) is 3.96. The van der Waals surface area contributed by atoms with E-state index in [4.69, 9.17) is 0 Å². The molecule has 0 aliphatic heterocycles. The number of alkyl halides is 1. The molecule has 1 aromatic carbocycles. The maximum absolute atomic E-state index is 3.63. The fourth-order valence-electron chi connectivity index (χ4n) is 1.32. The fraction of sp³-hybridized carbons (Fsp3) is 0.200. The maximum atomic E-state index is 3.63. The monoisotopic (exact) mass is 318 g/mol. The summed E-state index contributed by atoms with van der Waals surface area (Å²) in [6, 6.07) is 6.57. The van der Waals surface area contributed by atoms with Gasteiger partial charge in [0.05, 0.1) is 0 Å². The predicted molar refractivity (Wildman–Crippen MR) is 66.9 cm³/mol. The highest BCUT2D eigenvalue weighted by Gasteiger charge is 2.07. The van der Waals surface area contributed by atoms with Crippen LogP contribution in [0, 0.1) is 6.92 Å². The van der Waals surface area contributed by atoms with Crippen LogP contribution in [0.25, 0.3) is 10.1 Å². The topological polar surface area (TPSA) is 0 Å². The molecule has 13 heavy (non-hydrogen) atoms. The molecular weight excluding hydrogens is 312 g/mol. The molecular formula is C10H8Br2S. The first kappa shape index (κ1) is 9.69. The van der Waals surface area contributed by atoms with E-state index in [1.807, 2.05) is 11.3 Å². The van der Waals surface area contributed by atoms with Crippen LogP contribution in [0.15, 0.2) is 22.7 Å². The van der Waals surface area contributed by atoms with Crippen molar-refractivity contribution in [3.63, 3.8) is 0 Å². The van der Waals surface area contributed by atoms with E-state index in [1.54, 1.807) is 0 Å². The van der Waals surface area contributed by atoms with Crippen molar-refractivity contribution in [1.82, 2.24) is 0 Å². The minimum Gasteiger partial charge on any atom is -0.138 e. The summed E-state index contributed by atoms with van der Waals surface area (Å²) in [4.78, 5) is 1.36. The molecule has 0 saturated carbocycles. The van der Waals surface area contributed by atoms with Crippen molar-refractivity contribution in [2.45, 2.75) is 12.3 Å². The quantitative estimate of drug-likeness (QED) is 0.658. The van der Waals surface area contributed by atoms with Crippen LogP contribution in [0.2, 0.25) is 0 Å².